The number of unbranched alkanes of at least 4 members (excludes halogenated alkanes) is 31. The highest BCUT2D eigenvalue weighted by atomic mass is 16.6. The van der Waals surface area contributed by atoms with E-state index in [2.05, 4.69) is 142 Å². The van der Waals surface area contributed by atoms with Gasteiger partial charge in [0.15, 0.2) is 6.10 Å². The standard InChI is InChI=1S/C76H128O6/c1-4-7-10-13-16-19-22-25-28-31-33-35-37-38-40-41-43-45-48-51-54-57-60-63-66-69-75(78)81-72-73(71-80-74(77)68-65-62-59-56-53-50-47-30-27-24-21-18-15-12-9-6-3)82-76(79)70-67-64-61-58-55-52-49-46-44-42-39-36-34-32-29-26-23-20-17-14-11-8-5-2/h7,10,16,19,23,25-26,28,32-35,38-40,42-43,45,51,54,73H,4-6,8-9,11-15,17-18,20-22,24,27,29-31,36-37,41,44,46-50,52-53,55-72H2,1-3H3/b10-7-,19-16-,26-23-,28-25-,34-32-,35-33-,40-38-,42-39-,45-43-,54-51-. The molecule has 0 amide bonds. The fourth-order valence-corrected chi connectivity index (χ4v) is 9.55. The highest BCUT2D eigenvalue weighted by molar-refractivity contribution is 5.71. The van der Waals surface area contributed by atoms with Crippen LogP contribution in [0.25, 0.3) is 0 Å². The number of esters is 3. The van der Waals surface area contributed by atoms with E-state index in [9.17, 15) is 14.4 Å². The SMILES string of the molecule is CC/C=C\C/C=C\C/C=C\C/C=C\C/C=C\C/C=C\C/C=C\CCCCCC(=O)OCC(COC(=O)CCCCCCCCCCCCCCCCCC)OC(=O)CCCCCCCCCC/C=C\C/C=C\C/C=C\CCCCCCC. The molecule has 468 valence electrons. The van der Waals surface area contributed by atoms with Crippen molar-refractivity contribution in [3.8, 4) is 0 Å². The maximum absolute atomic E-state index is 13.0. The lowest BCUT2D eigenvalue weighted by atomic mass is 10.0. The van der Waals surface area contributed by atoms with E-state index >= 15 is 0 Å². The van der Waals surface area contributed by atoms with E-state index in [4.69, 9.17) is 14.2 Å². The van der Waals surface area contributed by atoms with Gasteiger partial charge in [-0.2, -0.15) is 0 Å². The van der Waals surface area contributed by atoms with Crippen LogP contribution in [0.4, 0.5) is 0 Å². The van der Waals surface area contributed by atoms with Crippen LogP contribution in [0.2, 0.25) is 0 Å². The Morgan fingerprint density at radius 1 is 0.256 bits per heavy atom. The van der Waals surface area contributed by atoms with E-state index in [-0.39, 0.29) is 31.1 Å². The average Bonchev–Trinajstić information content (AvgIpc) is 3.47. The second-order valence-electron chi connectivity index (χ2n) is 22.7. The first-order valence-electron chi connectivity index (χ1n) is 34.5. The third-order valence-electron chi connectivity index (χ3n) is 14.7. The molecule has 0 aromatic carbocycles. The zero-order valence-corrected chi connectivity index (χ0v) is 53.7. The molecule has 6 heteroatoms. The molecule has 0 radical (unpaired) electrons. The summed E-state index contributed by atoms with van der Waals surface area (Å²) in [5.41, 5.74) is 0. The second kappa shape index (κ2) is 69.3. The Hall–Kier alpha value is -4.19. The van der Waals surface area contributed by atoms with Crippen molar-refractivity contribution in [2.45, 2.75) is 329 Å². The Morgan fingerprint density at radius 3 is 0.756 bits per heavy atom. The molecule has 0 aliphatic heterocycles. The highest BCUT2D eigenvalue weighted by Crippen LogP contribution is 2.16. The van der Waals surface area contributed by atoms with Gasteiger partial charge in [-0.1, -0.05) is 309 Å². The Morgan fingerprint density at radius 2 is 0.476 bits per heavy atom. The maximum Gasteiger partial charge on any atom is 0.306 e. The molecular formula is C76H128O6. The van der Waals surface area contributed by atoms with E-state index in [1.54, 1.807) is 0 Å². The van der Waals surface area contributed by atoms with Gasteiger partial charge in [0, 0.05) is 19.3 Å². The number of hydrogen-bond donors (Lipinski definition) is 0. The monoisotopic (exact) mass is 1140 g/mol. The maximum atomic E-state index is 13.0. The van der Waals surface area contributed by atoms with Crippen molar-refractivity contribution in [1.29, 1.82) is 0 Å². The van der Waals surface area contributed by atoms with Crippen molar-refractivity contribution in [2.75, 3.05) is 13.2 Å². The largest absolute Gasteiger partial charge is 0.462 e. The summed E-state index contributed by atoms with van der Waals surface area (Å²) in [6.07, 6.45) is 96.3. The summed E-state index contributed by atoms with van der Waals surface area (Å²) in [5, 5.41) is 0. The second-order valence-corrected chi connectivity index (χ2v) is 22.7. The average molecular weight is 1140 g/mol. The number of rotatable bonds is 62. The zero-order chi connectivity index (χ0) is 59.2. The van der Waals surface area contributed by atoms with Gasteiger partial charge in [-0.3, -0.25) is 14.4 Å². The van der Waals surface area contributed by atoms with Crippen molar-refractivity contribution in [3.63, 3.8) is 0 Å². The molecule has 1 atom stereocenters. The van der Waals surface area contributed by atoms with Crippen LogP contribution in [0.5, 0.6) is 0 Å². The number of hydrogen-bond acceptors (Lipinski definition) is 6. The molecule has 0 aromatic rings. The van der Waals surface area contributed by atoms with E-state index in [1.165, 1.54) is 154 Å². The summed E-state index contributed by atoms with van der Waals surface area (Å²) in [7, 11) is 0. The Labute approximate surface area is 507 Å². The number of carbonyl (C=O) groups excluding carboxylic acids is 3. The highest BCUT2D eigenvalue weighted by Gasteiger charge is 2.19. The van der Waals surface area contributed by atoms with Crippen LogP contribution >= 0.6 is 0 Å². The summed E-state index contributed by atoms with van der Waals surface area (Å²) in [4.78, 5) is 38.4. The lowest BCUT2D eigenvalue weighted by Crippen LogP contribution is -2.30. The minimum absolute atomic E-state index is 0.0916. The van der Waals surface area contributed by atoms with Gasteiger partial charge < -0.3 is 14.2 Å². The predicted molar refractivity (Wildman–Crippen MR) is 357 cm³/mol. The molecule has 0 saturated carbocycles. The van der Waals surface area contributed by atoms with Crippen molar-refractivity contribution in [1.82, 2.24) is 0 Å². The quantitative estimate of drug-likeness (QED) is 0.0261. The predicted octanol–water partition coefficient (Wildman–Crippen LogP) is 23.9. The van der Waals surface area contributed by atoms with Crippen LogP contribution in [-0.4, -0.2) is 37.2 Å². The summed E-state index contributed by atoms with van der Waals surface area (Å²) in [6, 6.07) is 0. The smallest absolute Gasteiger partial charge is 0.306 e. The molecule has 0 bridgehead atoms. The van der Waals surface area contributed by atoms with Gasteiger partial charge in [0.2, 0.25) is 0 Å². The van der Waals surface area contributed by atoms with Gasteiger partial charge in [0.1, 0.15) is 13.2 Å². The molecule has 0 aromatic heterocycles. The van der Waals surface area contributed by atoms with Crippen LogP contribution in [0.3, 0.4) is 0 Å². The number of ether oxygens (including phenoxy) is 3. The summed E-state index contributed by atoms with van der Waals surface area (Å²) in [6.45, 7) is 6.51. The lowest BCUT2D eigenvalue weighted by molar-refractivity contribution is -0.167. The lowest BCUT2D eigenvalue weighted by Gasteiger charge is -2.18. The molecule has 0 heterocycles. The molecule has 0 saturated heterocycles. The van der Waals surface area contributed by atoms with Crippen LogP contribution in [0, 0.1) is 0 Å². The molecular weight excluding hydrogens is 1010 g/mol. The molecule has 6 nitrogen and oxygen atoms in total. The van der Waals surface area contributed by atoms with Gasteiger partial charge in [-0.05, 0) is 116 Å². The van der Waals surface area contributed by atoms with Crippen LogP contribution < -0.4 is 0 Å². The van der Waals surface area contributed by atoms with Gasteiger partial charge in [0.25, 0.3) is 0 Å². The molecule has 0 aliphatic carbocycles. The molecule has 82 heavy (non-hydrogen) atoms. The van der Waals surface area contributed by atoms with Crippen LogP contribution in [0.15, 0.2) is 122 Å². The van der Waals surface area contributed by atoms with Crippen LogP contribution in [0.1, 0.15) is 323 Å². The first-order chi connectivity index (χ1) is 40.5. The van der Waals surface area contributed by atoms with Gasteiger partial charge in [-0.15, -0.1) is 0 Å². The number of carbonyl (C=O) groups is 3. The Kier molecular flexibility index (Phi) is 65.8. The zero-order valence-electron chi connectivity index (χ0n) is 53.7. The van der Waals surface area contributed by atoms with E-state index in [0.29, 0.717) is 19.3 Å². The van der Waals surface area contributed by atoms with Crippen molar-refractivity contribution < 1.29 is 28.6 Å². The molecule has 0 spiro atoms. The fourth-order valence-electron chi connectivity index (χ4n) is 9.55. The first-order valence-corrected chi connectivity index (χ1v) is 34.5. The van der Waals surface area contributed by atoms with E-state index < -0.39 is 6.10 Å². The molecule has 0 fully saturated rings. The number of allylic oxidation sites excluding steroid dienone is 20. The van der Waals surface area contributed by atoms with Crippen molar-refractivity contribution in [3.05, 3.63) is 122 Å². The van der Waals surface area contributed by atoms with Crippen molar-refractivity contribution in [2.24, 2.45) is 0 Å². The van der Waals surface area contributed by atoms with Gasteiger partial charge >= 0.3 is 17.9 Å². The minimum atomic E-state index is -0.800. The molecule has 0 N–H and O–H groups in total. The van der Waals surface area contributed by atoms with E-state index in [0.717, 1.165) is 128 Å². The topological polar surface area (TPSA) is 78.9 Å². The first kappa shape index (κ1) is 77.8. The summed E-state index contributed by atoms with van der Waals surface area (Å²) in [5.74, 6) is -0.922. The molecule has 1 unspecified atom stereocenters. The van der Waals surface area contributed by atoms with Crippen LogP contribution in [-0.2, 0) is 28.6 Å². The van der Waals surface area contributed by atoms with Gasteiger partial charge in [-0.25, -0.2) is 0 Å². The molecule has 0 aliphatic rings. The third-order valence-corrected chi connectivity index (χ3v) is 14.7. The normalized spacial score (nSPS) is 12.9. The summed E-state index contributed by atoms with van der Waals surface area (Å²) >= 11 is 0. The Balaban J connectivity index is 4.46. The third kappa shape index (κ3) is 66.6. The van der Waals surface area contributed by atoms with Gasteiger partial charge in [0.05, 0.1) is 0 Å². The fraction of sp³-hybridized carbons (Fsp3) is 0.697. The summed E-state index contributed by atoms with van der Waals surface area (Å²) < 4.78 is 17.0. The Bertz CT molecular complexity index is 1690. The minimum Gasteiger partial charge on any atom is -0.462 e. The molecule has 0 rings (SSSR count). The van der Waals surface area contributed by atoms with Crippen molar-refractivity contribution >= 4 is 17.9 Å². The van der Waals surface area contributed by atoms with E-state index in [1.807, 2.05) is 0 Å².